The summed E-state index contributed by atoms with van der Waals surface area (Å²) in [7, 11) is 1.96. The van der Waals surface area contributed by atoms with Crippen molar-refractivity contribution in [3.8, 4) is 0 Å². The number of thiazole rings is 1. The Balaban J connectivity index is 1.91. The fourth-order valence-electron chi connectivity index (χ4n) is 3.47. The van der Waals surface area contributed by atoms with Gasteiger partial charge >= 0.3 is 6.18 Å². The molecule has 3 rings (SSSR count). The van der Waals surface area contributed by atoms with E-state index in [1.807, 2.05) is 7.05 Å². The number of carbonyl (C=O) groups is 1. The van der Waals surface area contributed by atoms with E-state index in [0.717, 1.165) is 13.1 Å². The number of nitrogens with zero attached hydrogens (tertiary/aromatic N) is 2. The quantitative estimate of drug-likeness (QED) is 0.774. The van der Waals surface area contributed by atoms with Crippen LogP contribution < -0.4 is 11.1 Å². The highest BCUT2D eigenvalue weighted by molar-refractivity contribution is 7.07. The van der Waals surface area contributed by atoms with Crippen LogP contribution in [0.1, 0.15) is 45.9 Å². The Labute approximate surface area is 159 Å². The van der Waals surface area contributed by atoms with Crippen molar-refractivity contribution in [2.45, 2.75) is 31.5 Å². The lowest BCUT2D eigenvalue weighted by Gasteiger charge is -2.31. The predicted octanol–water partition coefficient (Wildman–Crippen LogP) is 3.48. The molecule has 0 aliphatic carbocycles. The number of aromatic nitrogens is 1. The largest absolute Gasteiger partial charge is 0.417 e. The molecule has 2 heterocycles. The minimum Gasteiger partial charge on any atom is -0.399 e. The second kappa shape index (κ2) is 7.85. The summed E-state index contributed by atoms with van der Waals surface area (Å²) in [5.74, 6) is -0.707. The minimum absolute atomic E-state index is 0.0139. The first-order valence-electron chi connectivity index (χ1n) is 8.60. The van der Waals surface area contributed by atoms with Crippen molar-refractivity contribution >= 4 is 22.9 Å². The Morgan fingerprint density at radius 2 is 2.07 bits per heavy atom. The second-order valence-electron chi connectivity index (χ2n) is 6.78. The van der Waals surface area contributed by atoms with Crippen LogP contribution in [0.4, 0.5) is 18.9 Å². The fraction of sp³-hybridized carbons (Fsp3) is 0.444. The molecule has 0 radical (unpaired) electrons. The first kappa shape index (κ1) is 19.6. The molecule has 1 amide bonds. The van der Waals surface area contributed by atoms with Crippen LogP contribution in [-0.2, 0) is 12.7 Å². The monoisotopic (exact) mass is 398 g/mol. The molecule has 0 bridgehead atoms. The van der Waals surface area contributed by atoms with Crippen LogP contribution >= 0.6 is 11.3 Å². The molecule has 1 aromatic heterocycles. The van der Waals surface area contributed by atoms with Gasteiger partial charge in [-0.15, -0.1) is 11.3 Å². The van der Waals surface area contributed by atoms with Gasteiger partial charge in [0.15, 0.2) is 0 Å². The van der Waals surface area contributed by atoms with E-state index >= 15 is 0 Å². The molecule has 3 N–H and O–H groups in total. The summed E-state index contributed by atoms with van der Waals surface area (Å²) in [4.78, 5) is 18.0. The molecule has 27 heavy (non-hydrogen) atoms. The number of benzene rings is 1. The zero-order valence-corrected chi connectivity index (χ0v) is 15.7. The van der Waals surface area contributed by atoms with Crippen LogP contribution in [-0.4, -0.2) is 35.9 Å². The lowest BCUT2D eigenvalue weighted by molar-refractivity contribution is -0.139. The van der Waals surface area contributed by atoms with Crippen molar-refractivity contribution in [1.82, 2.24) is 15.2 Å². The van der Waals surface area contributed by atoms with E-state index in [1.54, 1.807) is 5.38 Å². The summed E-state index contributed by atoms with van der Waals surface area (Å²) in [5, 5.41) is 4.06. The minimum atomic E-state index is -4.52. The van der Waals surface area contributed by atoms with Gasteiger partial charge in [0.25, 0.3) is 5.91 Å². The Kier molecular flexibility index (Phi) is 5.71. The van der Waals surface area contributed by atoms with Gasteiger partial charge in [0.05, 0.1) is 11.1 Å². The molecule has 0 unspecified atom stereocenters. The van der Waals surface area contributed by atoms with Gasteiger partial charge in [-0.3, -0.25) is 4.79 Å². The molecule has 5 nitrogen and oxygen atoms in total. The number of amides is 1. The van der Waals surface area contributed by atoms with Crippen LogP contribution in [0.2, 0.25) is 0 Å². The highest BCUT2D eigenvalue weighted by Crippen LogP contribution is 2.41. The number of hydrogen-bond donors (Lipinski definition) is 2. The molecule has 1 aliphatic rings. The third-order valence-electron chi connectivity index (χ3n) is 4.82. The topological polar surface area (TPSA) is 71.2 Å². The van der Waals surface area contributed by atoms with E-state index in [-0.39, 0.29) is 35.0 Å². The summed E-state index contributed by atoms with van der Waals surface area (Å²) in [6, 6.07) is 2.73. The molecule has 0 spiro atoms. The van der Waals surface area contributed by atoms with Crippen molar-refractivity contribution in [2.75, 3.05) is 25.9 Å². The summed E-state index contributed by atoms with van der Waals surface area (Å²) in [6.45, 7) is 1.23. The Morgan fingerprint density at radius 1 is 1.37 bits per heavy atom. The van der Waals surface area contributed by atoms with Crippen LogP contribution in [0.3, 0.4) is 0 Å². The lowest BCUT2D eigenvalue weighted by atomic mass is 9.84. The number of hydrogen-bond acceptors (Lipinski definition) is 5. The molecule has 0 saturated carbocycles. The number of nitrogens with one attached hydrogen (secondary N) is 1. The van der Waals surface area contributed by atoms with Gasteiger partial charge in [-0.2, -0.15) is 13.2 Å². The maximum Gasteiger partial charge on any atom is 0.417 e. The van der Waals surface area contributed by atoms with Crippen LogP contribution in [0.25, 0.3) is 0 Å². The van der Waals surface area contributed by atoms with Gasteiger partial charge in [0.1, 0.15) is 5.69 Å². The maximum atomic E-state index is 13.9. The van der Waals surface area contributed by atoms with Crippen LogP contribution in [0, 0.1) is 0 Å². The number of rotatable bonds is 4. The highest BCUT2D eigenvalue weighted by atomic mass is 32.1. The third-order valence-corrected chi connectivity index (χ3v) is 5.41. The van der Waals surface area contributed by atoms with Crippen molar-refractivity contribution in [3.05, 3.63) is 45.4 Å². The summed E-state index contributed by atoms with van der Waals surface area (Å²) in [5.41, 5.74) is 7.40. The highest BCUT2D eigenvalue weighted by Gasteiger charge is 2.38. The average molecular weight is 398 g/mol. The number of alkyl halides is 3. The van der Waals surface area contributed by atoms with Crippen LogP contribution in [0.15, 0.2) is 23.0 Å². The van der Waals surface area contributed by atoms with Crippen molar-refractivity contribution < 1.29 is 18.0 Å². The number of likely N-dealkylation sites (tertiary alicyclic amines) is 1. The van der Waals surface area contributed by atoms with E-state index in [0.29, 0.717) is 12.8 Å². The number of piperidine rings is 1. The Morgan fingerprint density at radius 3 is 2.67 bits per heavy atom. The fourth-order valence-corrected chi connectivity index (χ4v) is 4.00. The number of halogens is 3. The molecule has 1 aliphatic heterocycles. The Hall–Kier alpha value is -2.13. The van der Waals surface area contributed by atoms with E-state index < -0.39 is 17.6 Å². The molecular formula is C18H21F3N4OS. The van der Waals surface area contributed by atoms with Crippen molar-refractivity contribution in [2.24, 2.45) is 0 Å². The summed E-state index contributed by atoms with van der Waals surface area (Å²) >= 11 is 1.24. The van der Waals surface area contributed by atoms with E-state index in [1.165, 1.54) is 29.0 Å². The van der Waals surface area contributed by atoms with Crippen molar-refractivity contribution in [1.29, 1.82) is 0 Å². The summed E-state index contributed by atoms with van der Waals surface area (Å²) < 4.78 is 41.7. The molecule has 2 aromatic rings. The second-order valence-corrected chi connectivity index (χ2v) is 7.49. The van der Waals surface area contributed by atoms with Gasteiger partial charge < -0.3 is 16.0 Å². The average Bonchev–Trinajstić information content (AvgIpc) is 3.13. The first-order chi connectivity index (χ1) is 12.8. The smallest absolute Gasteiger partial charge is 0.399 e. The zero-order valence-electron chi connectivity index (χ0n) is 14.8. The van der Waals surface area contributed by atoms with Gasteiger partial charge in [0.2, 0.25) is 0 Å². The lowest BCUT2D eigenvalue weighted by Crippen LogP contribution is -2.31. The zero-order chi connectivity index (χ0) is 19.6. The first-order valence-corrected chi connectivity index (χ1v) is 9.54. The number of nitrogens with two attached hydrogens (primary N) is 1. The van der Waals surface area contributed by atoms with E-state index in [9.17, 15) is 18.0 Å². The summed E-state index contributed by atoms with van der Waals surface area (Å²) in [6.07, 6.45) is -3.23. The third kappa shape index (κ3) is 4.59. The van der Waals surface area contributed by atoms with E-state index in [2.05, 4.69) is 15.2 Å². The van der Waals surface area contributed by atoms with Gasteiger partial charge in [-0.1, -0.05) is 0 Å². The maximum absolute atomic E-state index is 13.9. The number of anilines is 1. The number of carbonyl (C=O) groups excluding carboxylic acids is 1. The molecule has 1 fully saturated rings. The van der Waals surface area contributed by atoms with Gasteiger partial charge in [0, 0.05) is 17.6 Å². The predicted molar refractivity (Wildman–Crippen MR) is 98.6 cm³/mol. The van der Waals surface area contributed by atoms with E-state index in [4.69, 9.17) is 5.73 Å². The van der Waals surface area contributed by atoms with Gasteiger partial charge in [-0.05, 0) is 62.2 Å². The normalized spacial score (nSPS) is 16.4. The van der Waals surface area contributed by atoms with Crippen LogP contribution in [0.5, 0.6) is 0 Å². The SMILES string of the molecule is CN1CCC(c2cc(N)cc(CNC(=O)c3cscn3)c2C(F)(F)F)CC1. The van der Waals surface area contributed by atoms with Crippen molar-refractivity contribution in [3.63, 3.8) is 0 Å². The number of nitrogen functional groups attached to an aromatic ring is 1. The molecule has 1 saturated heterocycles. The standard InChI is InChI=1S/C18H21F3N4OS/c1-25-4-2-11(3-5-25)14-7-13(22)6-12(16(14)18(19,20)21)8-23-17(26)15-9-27-10-24-15/h6-7,9-11H,2-5,8,22H2,1H3,(H,23,26). The van der Waals surface area contributed by atoms with Gasteiger partial charge in [-0.25, -0.2) is 4.98 Å². The molecule has 146 valence electrons. The Bertz CT molecular complexity index is 800. The molecule has 0 atom stereocenters. The molecule has 9 heteroatoms. The molecular weight excluding hydrogens is 377 g/mol. The molecule has 1 aromatic carbocycles.